The number of nitrogens with zero attached hydrogens (tertiary/aromatic N) is 2. The van der Waals surface area contributed by atoms with Crippen LogP contribution in [0.2, 0.25) is 10.0 Å². The summed E-state index contributed by atoms with van der Waals surface area (Å²) in [6.45, 7) is 0.737. The Labute approximate surface area is 172 Å². The van der Waals surface area contributed by atoms with Gasteiger partial charge < -0.3 is 9.74 Å². The molecular formula is C21H18Cl2N2O3. The fourth-order valence-corrected chi connectivity index (χ4v) is 4.23. The van der Waals surface area contributed by atoms with Gasteiger partial charge in [-0.2, -0.15) is 0 Å². The van der Waals surface area contributed by atoms with Crippen molar-refractivity contribution < 1.29 is 14.4 Å². The number of halogens is 2. The third-order valence-corrected chi connectivity index (χ3v) is 5.81. The third-order valence-electron chi connectivity index (χ3n) is 5.22. The van der Waals surface area contributed by atoms with Crippen molar-refractivity contribution >= 4 is 41.1 Å². The molecule has 0 N–H and O–H groups in total. The van der Waals surface area contributed by atoms with Crippen LogP contribution in [-0.4, -0.2) is 29.3 Å². The van der Waals surface area contributed by atoms with Crippen molar-refractivity contribution in [1.82, 2.24) is 4.90 Å². The lowest BCUT2D eigenvalue weighted by Crippen LogP contribution is -2.51. The Morgan fingerprint density at radius 3 is 2.82 bits per heavy atom. The maximum Gasteiger partial charge on any atom is 0.239 e. The molecule has 2 atom stereocenters. The van der Waals surface area contributed by atoms with Crippen molar-refractivity contribution in [2.24, 2.45) is 11.1 Å². The summed E-state index contributed by atoms with van der Waals surface area (Å²) in [5.41, 5.74) is 3.00. The molecule has 0 radical (unpaired) electrons. The fraction of sp³-hybridized carbons (Fsp3) is 0.286. The zero-order chi connectivity index (χ0) is 19.7. The van der Waals surface area contributed by atoms with Gasteiger partial charge >= 0.3 is 0 Å². The molecule has 28 heavy (non-hydrogen) atoms. The van der Waals surface area contributed by atoms with E-state index in [4.69, 9.17) is 28.0 Å². The van der Waals surface area contributed by atoms with Gasteiger partial charge in [-0.1, -0.05) is 58.7 Å². The summed E-state index contributed by atoms with van der Waals surface area (Å²) in [7, 11) is 0. The number of Topliss-reactive ketones (excluding diaryl/α,β-unsaturated/α-hetero) is 1. The van der Waals surface area contributed by atoms with Crippen LogP contribution in [0.25, 0.3) is 0 Å². The first-order valence-electron chi connectivity index (χ1n) is 9.05. The van der Waals surface area contributed by atoms with Crippen molar-refractivity contribution in [2.75, 3.05) is 6.54 Å². The number of carbonyl (C=O) groups is 2. The highest BCUT2D eigenvalue weighted by Crippen LogP contribution is 2.37. The van der Waals surface area contributed by atoms with Gasteiger partial charge in [-0.05, 0) is 29.7 Å². The van der Waals surface area contributed by atoms with Gasteiger partial charge in [0.15, 0.2) is 5.78 Å². The molecule has 0 spiro atoms. The first kappa shape index (κ1) is 19.0. The van der Waals surface area contributed by atoms with Crippen LogP contribution in [0.1, 0.15) is 29.2 Å². The van der Waals surface area contributed by atoms with Crippen LogP contribution in [0.4, 0.5) is 0 Å². The minimum atomic E-state index is -0.901. The quantitative estimate of drug-likeness (QED) is 0.426. The van der Waals surface area contributed by atoms with Gasteiger partial charge in [-0.3, -0.25) is 9.59 Å². The van der Waals surface area contributed by atoms with Crippen LogP contribution in [0.5, 0.6) is 0 Å². The van der Waals surface area contributed by atoms with E-state index in [0.29, 0.717) is 23.0 Å². The third kappa shape index (κ3) is 3.64. The Morgan fingerprint density at radius 2 is 2.00 bits per heavy atom. The number of oxime groups is 1. The number of amides is 1. The summed E-state index contributed by atoms with van der Waals surface area (Å²) in [5, 5.41) is 4.86. The average molecular weight is 417 g/mol. The SMILES string of the molecule is O=C1CC2c3ccccc3CCN2C(=O)C1/C=N/OCc1ccc(Cl)cc1Cl. The lowest BCUT2D eigenvalue weighted by Gasteiger charge is -2.41. The van der Waals surface area contributed by atoms with Crippen LogP contribution >= 0.6 is 23.2 Å². The molecule has 2 aliphatic rings. The van der Waals surface area contributed by atoms with Crippen molar-refractivity contribution in [3.63, 3.8) is 0 Å². The number of hydrogen-bond acceptors (Lipinski definition) is 4. The predicted octanol–water partition coefficient (Wildman–Crippen LogP) is 4.21. The second kappa shape index (κ2) is 7.94. The standard InChI is InChI=1S/C21H18Cl2N2O3/c22-15-6-5-14(18(23)9-15)12-28-24-11-17-20(26)10-19-16-4-2-1-3-13(16)7-8-25(19)21(17)27/h1-6,9,11,17,19H,7-8,10,12H2/b24-11+. The van der Waals surface area contributed by atoms with E-state index >= 15 is 0 Å². The fourth-order valence-electron chi connectivity index (χ4n) is 3.77. The molecule has 2 aromatic rings. The number of rotatable bonds is 4. The molecule has 1 fully saturated rings. The molecule has 1 amide bonds. The molecule has 0 saturated carbocycles. The molecule has 0 bridgehead atoms. The Kier molecular flexibility index (Phi) is 5.38. The molecule has 2 unspecified atom stereocenters. The van der Waals surface area contributed by atoms with E-state index in [-0.39, 0.29) is 24.3 Å². The maximum absolute atomic E-state index is 12.9. The molecule has 2 aliphatic heterocycles. The monoisotopic (exact) mass is 416 g/mol. The largest absolute Gasteiger partial charge is 0.391 e. The summed E-state index contributed by atoms with van der Waals surface area (Å²) >= 11 is 12.0. The topological polar surface area (TPSA) is 59.0 Å². The Morgan fingerprint density at radius 1 is 1.18 bits per heavy atom. The smallest absolute Gasteiger partial charge is 0.239 e. The van der Waals surface area contributed by atoms with Gasteiger partial charge in [0.05, 0.1) is 12.3 Å². The number of fused-ring (bicyclic) bond motifs is 3. The van der Waals surface area contributed by atoms with E-state index in [2.05, 4.69) is 11.2 Å². The maximum atomic E-state index is 12.9. The highest BCUT2D eigenvalue weighted by molar-refractivity contribution is 6.35. The summed E-state index contributed by atoms with van der Waals surface area (Å²) in [6, 6.07) is 12.9. The number of benzene rings is 2. The highest BCUT2D eigenvalue weighted by Gasteiger charge is 2.43. The number of hydrogen-bond donors (Lipinski definition) is 0. The Hall–Kier alpha value is -2.37. The van der Waals surface area contributed by atoms with Gasteiger partial charge in [-0.15, -0.1) is 0 Å². The second-order valence-electron chi connectivity index (χ2n) is 6.91. The molecule has 2 heterocycles. The van der Waals surface area contributed by atoms with E-state index in [9.17, 15) is 9.59 Å². The van der Waals surface area contributed by atoms with Gasteiger partial charge in [0.1, 0.15) is 12.5 Å². The molecule has 1 saturated heterocycles. The molecule has 4 rings (SSSR count). The molecule has 0 aliphatic carbocycles. The normalized spacial score (nSPS) is 21.6. The minimum Gasteiger partial charge on any atom is -0.391 e. The first-order chi connectivity index (χ1) is 13.5. The summed E-state index contributed by atoms with van der Waals surface area (Å²) in [6.07, 6.45) is 2.38. The number of ketones is 1. The predicted molar refractivity (Wildman–Crippen MR) is 107 cm³/mol. The zero-order valence-corrected chi connectivity index (χ0v) is 16.5. The van der Waals surface area contributed by atoms with E-state index in [1.54, 1.807) is 23.1 Å². The van der Waals surface area contributed by atoms with Crippen molar-refractivity contribution in [2.45, 2.75) is 25.5 Å². The summed E-state index contributed by atoms with van der Waals surface area (Å²) in [5.74, 6) is -1.25. The van der Waals surface area contributed by atoms with Crippen LogP contribution in [0.3, 0.4) is 0 Å². The van der Waals surface area contributed by atoms with Crippen molar-refractivity contribution in [1.29, 1.82) is 0 Å². The van der Waals surface area contributed by atoms with Gasteiger partial charge in [-0.25, -0.2) is 0 Å². The zero-order valence-electron chi connectivity index (χ0n) is 15.0. The molecule has 5 nitrogen and oxygen atoms in total. The van der Waals surface area contributed by atoms with Crippen LogP contribution in [-0.2, 0) is 27.5 Å². The molecular weight excluding hydrogens is 399 g/mol. The molecule has 0 aromatic heterocycles. The average Bonchev–Trinajstić information content (AvgIpc) is 2.68. The lowest BCUT2D eigenvalue weighted by atomic mass is 9.82. The highest BCUT2D eigenvalue weighted by atomic mass is 35.5. The first-order valence-corrected chi connectivity index (χ1v) is 9.80. The van der Waals surface area contributed by atoms with Crippen molar-refractivity contribution in [3.05, 3.63) is 69.2 Å². The summed E-state index contributed by atoms with van der Waals surface area (Å²) in [4.78, 5) is 32.5. The van der Waals surface area contributed by atoms with E-state index < -0.39 is 5.92 Å². The molecule has 7 heteroatoms. The summed E-state index contributed by atoms with van der Waals surface area (Å²) < 4.78 is 0. The number of piperidine rings is 1. The second-order valence-corrected chi connectivity index (χ2v) is 7.75. The lowest BCUT2D eigenvalue weighted by molar-refractivity contribution is -0.146. The van der Waals surface area contributed by atoms with E-state index in [0.717, 1.165) is 17.5 Å². The van der Waals surface area contributed by atoms with Crippen LogP contribution in [0.15, 0.2) is 47.6 Å². The van der Waals surface area contributed by atoms with Gasteiger partial charge in [0, 0.05) is 28.6 Å². The Bertz CT molecular complexity index is 960. The van der Waals surface area contributed by atoms with Crippen LogP contribution < -0.4 is 0 Å². The van der Waals surface area contributed by atoms with Gasteiger partial charge in [0.25, 0.3) is 0 Å². The van der Waals surface area contributed by atoms with Crippen LogP contribution in [0, 0.1) is 5.92 Å². The minimum absolute atomic E-state index is 0.126. The van der Waals surface area contributed by atoms with Gasteiger partial charge in [0.2, 0.25) is 5.91 Å². The molecule has 2 aromatic carbocycles. The molecule has 144 valence electrons. The van der Waals surface area contributed by atoms with Crippen molar-refractivity contribution in [3.8, 4) is 0 Å². The van der Waals surface area contributed by atoms with E-state index in [1.165, 1.54) is 11.8 Å². The Balaban J connectivity index is 1.43. The van der Waals surface area contributed by atoms with E-state index in [1.807, 2.05) is 18.2 Å². The number of carbonyl (C=O) groups excluding carboxylic acids is 2.